The number of hydrogen-bond acceptors (Lipinski definition) is 3. The van der Waals surface area contributed by atoms with Gasteiger partial charge in [0, 0.05) is 24.4 Å². The van der Waals surface area contributed by atoms with E-state index in [9.17, 15) is 4.79 Å². The summed E-state index contributed by atoms with van der Waals surface area (Å²) < 4.78 is 0. The van der Waals surface area contributed by atoms with Crippen LogP contribution in [0.4, 0.5) is 0 Å². The van der Waals surface area contributed by atoms with Gasteiger partial charge in [-0.1, -0.05) is 30.3 Å². The highest BCUT2D eigenvalue weighted by molar-refractivity contribution is 7.09. The summed E-state index contributed by atoms with van der Waals surface area (Å²) in [5, 5.41) is 11.2. The van der Waals surface area contributed by atoms with Gasteiger partial charge < -0.3 is 10.0 Å². The minimum absolute atomic E-state index is 0.0947. The van der Waals surface area contributed by atoms with E-state index in [-0.39, 0.29) is 6.61 Å². The van der Waals surface area contributed by atoms with Gasteiger partial charge in [0.2, 0.25) is 5.91 Å². The van der Waals surface area contributed by atoms with Crippen LogP contribution in [-0.4, -0.2) is 29.0 Å². The van der Waals surface area contributed by atoms with Crippen LogP contribution in [0, 0.1) is 5.92 Å². The number of hydrogen-bond donors (Lipinski definition) is 1. The summed E-state index contributed by atoms with van der Waals surface area (Å²) in [6.45, 7) is 1.88. The largest absolute Gasteiger partial charge is 0.392 e. The lowest BCUT2D eigenvalue weighted by molar-refractivity contribution is -0.130. The maximum absolute atomic E-state index is 12.4. The third kappa shape index (κ3) is 4.68. The highest BCUT2D eigenvalue weighted by atomic mass is 32.1. The van der Waals surface area contributed by atoms with E-state index in [4.69, 9.17) is 5.11 Å². The first-order chi connectivity index (χ1) is 11.7. The summed E-state index contributed by atoms with van der Waals surface area (Å²) in [5.74, 6) is 0.871. The second-order valence-corrected chi connectivity index (χ2v) is 7.64. The number of thiophene rings is 1. The first kappa shape index (κ1) is 17.2. The number of nitrogens with zero attached hydrogens (tertiary/aromatic N) is 1. The Morgan fingerprint density at radius 2 is 2.00 bits per heavy atom. The van der Waals surface area contributed by atoms with Crippen molar-refractivity contribution in [2.75, 3.05) is 13.1 Å². The molecule has 1 aliphatic rings. The van der Waals surface area contributed by atoms with Crippen LogP contribution >= 0.6 is 11.3 Å². The average Bonchev–Trinajstić information content (AvgIpc) is 3.27. The van der Waals surface area contributed by atoms with Crippen LogP contribution in [0.3, 0.4) is 0 Å². The Bertz CT molecular complexity index is 636. The molecular weight excluding hydrogens is 318 g/mol. The van der Waals surface area contributed by atoms with E-state index < -0.39 is 0 Å². The molecule has 0 saturated carbocycles. The Labute approximate surface area is 147 Å². The number of likely N-dealkylation sites (tertiary alicyclic amines) is 1. The molecule has 2 heterocycles. The Morgan fingerprint density at radius 1 is 1.21 bits per heavy atom. The number of benzene rings is 1. The van der Waals surface area contributed by atoms with Gasteiger partial charge in [-0.25, -0.2) is 0 Å². The molecule has 3 nitrogen and oxygen atoms in total. The standard InChI is InChI=1S/C20H25NO2S/c22-15-17-8-6-16(7-9-17)13-18-10-11-21(14-18)20(23)5-1-3-19-4-2-12-24-19/h2,4,6-9,12,18,22H,1,3,5,10-11,13-15H2/t18-/m0/s1. The highest BCUT2D eigenvalue weighted by Crippen LogP contribution is 2.22. The minimum atomic E-state index is 0.0947. The maximum atomic E-state index is 12.4. The van der Waals surface area contributed by atoms with E-state index in [1.54, 1.807) is 11.3 Å². The van der Waals surface area contributed by atoms with E-state index >= 15 is 0 Å². The first-order valence-electron chi connectivity index (χ1n) is 8.73. The number of amides is 1. The van der Waals surface area contributed by atoms with E-state index in [1.165, 1.54) is 10.4 Å². The Morgan fingerprint density at radius 3 is 2.71 bits per heavy atom. The van der Waals surface area contributed by atoms with Crippen molar-refractivity contribution < 1.29 is 9.90 Å². The van der Waals surface area contributed by atoms with Crippen LogP contribution in [0.25, 0.3) is 0 Å². The van der Waals surface area contributed by atoms with E-state index in [2.05, 4.69) is 29.6 Å². The molecule has 1 N–H and O–H groups in total. The van der Waals surface area contributed by atoms with Crippen LogP contribution in [0.5, 0.6) is 0 Å². The van der Waals surface area contributed by atoms with Gasteiger partial charge in [-0.15, -0.1) is 11.3 Å². The number of carbonyl (C=O) groups is 1. The second kappa shape index (κ2) is 8.45. The highest BCUT2D eigenvalue weighted by Gasteiger charge is 2.25. The lowest BCUT2D eigenvalue weighted by Gasteiger charge is -2.16. The quantitative estimate of drug-likeness (QED) is 0.833. The van der Waals surface area contributed by atoms with Gasteiger partial charge in [0.25, 0.3) is 0 Å². The molecule has 1 fully saturated rings. The molecule has 1 atom stereocenters. The maximum Gasteiger partial charge on any atom is 0.222 e. The van der Waals surface area contributed by atoms with Gasteiger partial charge >= 0.3 is 0 Å². The van der Waals surface area contributed by atoms with Crippen molar-refractivity contribution in [2.24, 2.45) is 5.92 Å². The molecule has 24 heavy (non-hydrogen) atoms. The molecule has 1 aromatic heterocycles. The molecule has 2 aromatic rings. The number of aryl methyl sites for hydroxylation is 1. The van der Waals surface area contributed by atoms with E-state index in [0.717, 1.165) is 44.3 Å². The second-order valence-electron chi connectivity index (χ2n) is 6.61. The molecule has 4 heteroatoms. The molecule has 0 radical (unpaired) electrons. The number of rotatable bonds is 7. The average molecular weight is 343 g/mol. The van der Waals surface area contributed by atoms with Crippen molar-refractivity contribution in [2.45, 2.75) is 38.7 Å². The molecule has 0 unspecified atom stereocenters. The summed E-state index contributed by atoms with van der Waals surface area (Å²) in [7, 11) is 0. The topological polar surface area (TPSA) is 40.5 Å². The number of aliphatic hydroxyl groups excluding tert-OH is 1. The SMILES string of the molecule is O=C(CCCc1cccs1)N1CC[C@@H](Cc2ccc(CO)cc2)C1. The van der Waals surface area contributed by atoms with Crippen molar-refractivity contribution in [1.29, 1.82) is 0 Å². The molecule has 1 amide bonds. The lowest BCUT2D eigenvalue weighted by atomic mass is 9.98. The molecule has 0 aliphatic carbocycles. The molecule has 3 rings (SSSR count). The summed E-state index contributed by atoms with van der Waals surface area (Å²) in [6.07, 6.45) is 4.74. The molecule has 1 aliphatic heterocycles. The molecule has 1 aromatic carbocycles. The predicted molar refractivity (Wildman–Crippen MR) is 98.0 cm³/mol. The van der Waals surface area contributed by atoms with E-state index in [0.29, 0.717) is 18.2 Å². The molecule has 1 saturated heterocycles. The first-order valence-corrected chi connectivity index (χ1v) is 9.61. The zero-order valence-corrected chi connectivity index (χ0v) is 14.8. The summed E-state index contributed by atoms with van der Waals surface area (Å²) in [5.41, 5.74) is 2.25. The van der Waals surface area contributed by atoms with Gasteiger partial charge in [0.05, 0.1) is 6.61 Å². The zero-order chi connectivity index (χ0) is 16.8. The molecule has 0 bridgehead atoms. The summed E-state index contributed by atoms with van der Waals surface area (Å²) in [4.78, 5) is 15.8. The van der Waals surface area contributed by atoms with Gasteiger partial charge in [-0.2, -0.15) is 0 Å². The van der Waals surface area contributed by atoms with Crippen LogP contribution < -0.4 is 0 Å². The van der Waals surface area contributed by atoms with Crippen molar-refractivity contribution in [3.63, 3.8) is 0 Å². The third-order valence-corrected chi connectivity index (χ3v) is 5.70. The smallest absolute Gasteiger partial charge is 0.222 e. The molecule has 128 valence electrons. The van der Waals surface area contributed by atoms with Gasteiger partial charge in [0.15, 0.2) is 0 Å². The normalized spacial score (nSPS) is 17.4. The van der Waals surface area contributed by atoms with Gasteiger partial charge in [0.1, 0.15) is 0 Å². The van der Waals surface area contributed by atoms with Crippen molar-refractivity contribution >= 4 is 17.2 Å². The Hall–Kier alpha value is -1.65. The Balaban J connectivity index is 1.41. The minimum Gasteiger partial charge on any atom is -0.392 e. The summed E-state index contributed by atoms with van der Waals surface area (Å²) >= 11 is 1.77. The fourth-order valence-corrected chi connectivity index (χ4v) is 4.12. The zero-order valence-electron chi connectivity index (χ0n) is 14.0. The third-order valence-electron chi connectivity index (χ3n) is 4.76. The fraction of sp³-hybridized carbons (Fsp3) is 0.450. The lowest BCUT2D eigenvalue weighted by Crippen LogP contribution is -2.28. The number of carbonyl (C=O) groups excluding carboxylic acids is 1. The number of aliphatic hydroxyl groups is 1. The van der Waals surface area contributed by atoms with Crippen LogP contribution in [0.2, 0.25) is 0 Å². The van der Waals surface area contributed by atoms with Crippen LogP contribution in [0.15, 0.2) is 41.8 Å². The van der Waals surface area contributed by atoms with Crippen molar-refractivity contribution in [3.8, 4) is 0 Å². The van der Waals surface area contributed by atoms with Crippen molar-refractivity contribution in [1.82, 2.24) is 4.90 Å². The van der Waals surface area contributed by atoms with Gasteiger partial charge in [-0.3, -0.25) is 4.79 Å². The van der Waals surface area contributed by atoms with Crippen LogP contribution in [0.1, 0.15) is 35.3 Å². The fourth-order valence-electron chi connectivity index (χ4n) is 3.37. The summed E-state index contributed by atoms with van der Waals surface area (Å²) in [6, 6.07) is 12.4. The predicted octanol–water partition coefficient (Wildman–Crippen LogP) is 3.65. The molecule has 0 spiro atoms. The van der Waals surface area contributed by atoms with Crippen LogP contribution in [-0.2, 0) is 24.2 Å². The van der Waals surface area contributed by atoms with Gasteiger partial charge in [-0.05, 0) is 54.2 Å². The van der Waals surface area contributed by atoms with Crippen molar-refractivity contribution in [3.05, 3.63) is 57.8 Å². The monoisotopic (exact) mass is 343 g/mol. The molecular formula is C20H25NO2S. The van der Waals surface area contributed by atoms with E-state index in [1.807, 2.05) is 17.0 Å². The Kier molecular flexibility index (Phi) is 6.05.